The van der Waals surface area contributed by atoms with Gasteiger partial charge in [-0.3, -0.25) is 9.00 Å². The highest BCUT2D eigenvalue weighted by Crippen LogP contribution is 2.26. The predicted molar refractivity (Wildman–Crippen MR) is 116 cm³/mol. The van der Waals surface area contributed by atoms with Crippen molar-refractivity contribution in [1.29, 1.82) is 0 Å². The molecule has 7 nitrogen and oxygen atoms in total. The molecule has 1 amide bonds. The van der Waals surface area contributed by atoms with Crippen molar-refractivity contribution >= 4 is 16.7 Å². The predicted octanol–water partition coefficient (Wildman–Crippen LogP) is 3.65. The zero-order valence-electron chi connectivity index (χ0n) is 17.4. The van der Waals surface area contributed by atoms with Gasteiger partial charge in [-0.25, -0.2) is 9.37 Å². The lowest BCUT2D eigenvalue weighted by Crippen LogP contribution is -2.28. The Morgan fingerprint density at radius 1 is 1.19 bits per heavy atom. The standard InChI is InChI=1S/C22H24FN3O4S/c1-3-11-31(28)12-10-24-22(27)17-6-9-20(25-13-17)29-14-19-15(2)30-26-21(19)16-4-7-18(23)8-5-16/h4-9,13H,3,10-12,14H2,1-2H3,(H,24,27). The number of benzene rings is 1. The van der Waals surface area contributed by atoms with Crippen molar-refractivity contribution in [2.75, 3.05) is 18.1 Å². The van der Waals surface area contributed by atoms with Crippen LogP contribution in [0.5, 0.6) is 5.88 Å². The first-order chi connectivity index (χ1) is 15.0. The molecule has 3 rings (SSSR count). The summed E-state index contributed by atoms with van der Waals surface area (Å²) < 4.78 is 35.8. The largest absolute Gasteiger partial charge is 0.473 e. The molecule has 0 aliphatic carbocycles. The van der Waals surface area contributed by atoms with E-state index in [0.717, 1.165) is 17.5 Å². The third-order valence-electron chi connectivity index (χ3n) is 4.51. The topological polar surface area (TPSA) is 94.3 Å². The summed E-state index contributed by atoms with van der Waals surface area (Å²) in [6.45, 7) is 4.25. The van der Waals surface area contributed by atoms with E-state index >= 15 is 0 Å². The number of amides is 1. The normalized spacial score (nSPS) is 11.8. The molecule has 0 saturated heterocycles. The molecule has 1 aromatic carbocycles. The monoisotopic (exact) mass is 445 g/mol. The molecule has 1 unspecified atom stereocenters. The fraction of sp³-hybridized carbons (Fsp3) is 0.318. The molecule has 0 spiro atoms. The maximum atomic E-state index is 13.2. The summed E-state index contributed by atoms with van der Waals surface area (Å²) in [7, 11) is -0.915. The molecule has 0 aliphatic heterocycles. The zero-order chi connectivity index (χ0) is 22.2. The maximum Gasteiger partial charge on any atom is 0.252 e. The Morgan fingerprint density at radius 3 is 2.65 bits per heavy atom. The highest BCUT2D eigenvalue weighted by molar-refractivity contribution is 7.84. The fourth-order valence-electron chi connectivity index (χ4n) is 2.85. The molecule has 164 valence electrons. The lowest BCUT2D eigenvalue weighted by Gasteiger charge is -2.08. The minimum atomic E-state index is -0.915. The van der Waals surface area contributed by atoms with Gasteiger partial charge in [0.05, 0.1) is 11.1 Å². The average Bonchev–Trinajstić information content (AvgIpc) is 3.13. The smallest absolute Gasteiger partial charge is 0.252 e. The van der Waals surface area contributed by atoms with Gasteiger partial charge in [-0.05, 0) is 43.7 Å². The molecule has 9 heteroatoms. The van der Waals surface area contributed by atoms with Gasteiger partial charge in [-0.1, -0.05) is 12.1 Å². The number of hydrogen-bond donors (Lipinski definition) is 1. The van der Waals surface area contributed by atoms with Crippen molar-refractivity contribution in [2.45, 2.75) is 26.9 Å². The van der Waals surface area contributed by atoms with Crippen LogP contribution in [0.4, 0.5) is 4.39 Å². The number of aromatic nitrogens is 2. The van der Waals surface area contributed by atoms with Gasteiger partial charge in [0.2, 0.25) is 5.88 Å². The molecule has 0 bridgehead atoms. The lowest BCUT2D eigenvalue weighted by molar-refractivity contribution is 0.0955. The fourth-order valence-corrected chi connectivity index (χ4v) is 3.84. The van der Waals surface area contributed by atoms with Gasteiger partial charge in [-0.15, -0.1) is 0 Å². The number of nitrogens with zero attached hydrogens (tertiary/aromatic N) is 2. The third-order valence-corrected chi connectivity index (χ3v) is 6.04. The Balaban J connectivity index is 1.57. The van der Waals surface area contributed by atoms with Gasteiger partial charge >= 0.3 is 0 Å². The van der Waals surface area contributed by atoms with Crippen LogP contribution in [0.15, 0.2) is 47.1 Å². The number of aryl methyl sites for hydroxylation is 1. The van der Waals surface area contributed by atoms with E-state index in [9.17, 15) is 13.4 Å². The van der Waals surface area contributed by atoms with Crippen molar-refractivity contribution in [3.63, 3.8) is 0 Å². The number of carbonyl (C=O) groups is 1. The molecule has 2 aromatic heterocycles. The molecular formula is C22H24FN3O4S. The lowest BCUT2D eigenvalue weighted by atomic mass is 10.1. The molecule has 0 saturated carbocycles. The Kier molecular flexibility index (Phi) is 7.88. The minimum Gasteiger partial charge on any atom is -0.473 e. The Morgan fingerprint density at radius 2 is 1.97 bits per heavy atom. The average molecular weight is 446 g/mol. The number of carbonyl (C=O) groups excluding carboxylic acids is 1. The highest BCUT2D eigenvalue weighted by Gasteiger charge is 2.16. The summed E-state index contributed by atoms with van der Waals surface area (Å²) in [5, 5.41) is 6.78. The number of ether oxygens (including phenoxy) is 1. The third kappa shape index (κ3) is 6.21. The number of halogens is 1. The molecule has 2 heterocycles. The van der Waals surface area contributed by atoms with Crippen LogP contribution in [0.1, 0.15) is 35.0 Å². The van der Waals surface area contributed by atoms with Gasteiger partial charge in [0, 0.05) is 46.7 Å². The Hall–Kier alpha value is -3.07. The van der Waals surface area contributed by atoms with E-state index in [-0.39, 0.29) is 18.3 Å². The van der Waals surface area contributed by atoms with Crippen molar-refractivity contribution in [2.24, 2.45) is 0 Å². The first-order valence-corrected chi connectivity index (χ1v) is 11.4. The Labute approximate surface area is 182 Å². The second-order valence-electron chi connectivity index (χ2n) is 6.85. The summed E-state index contributed by atoms with van der Waals surface area (Å²) in [5.41, 5.74) is 2.42. The van der Waals surface area contributed by atoms with Crippen LogP contribution in [-0.4, -0.2) is 38.3 Å². The maximum absolute atomic E-state index is 13.2. The van der Waals surface area contributed by atoms with Gasteiger partial charge in [0.25, 0.3) is 5.91 Å². The molecule has 0 radical (unpaired) electrons. The van der Waals surface area contributed by atoms with Gasteiger partial charge < -0.3 is 14.6 Å². The molecule has 31 heavy (non-hydrogen) atoms. The van der Waals surface area contributed by atoms with E-state index in [4.69, 9.17) is 9.26 Å². The van der Waals surface area contributed by atoms with Gasteiger partial charge in [0.15, 0.2) is 0 Å². The van der Waals surface area contributed by atoms with Gasteiger partial charge in [0.1, 0.15) is 23.9 Å². The van der Waals surface area contributed by atoms with Crippen LogP contribution in [0.25, 0.3) is 11.3 Å². The zero-order valence-corrected chi connectivity index (χ0v) is 18.2. The second-order valence-corrected chi connectivity index (χ2v) is 8.55. The first kappa shape index (κ1) is 22.6. The van der Waals surface area contributed by atoms with Crippen molar-refractivity contribution in [3.8, 4) is 17.1 Å². The van der Waals surface area contributed by atoms with Crippen LogP contribution >= 0.6 is 0 Å². The molecular weight excluding hydrogens is 421 g/mol. The van der Waals surface area contributed by atoms with E-state index in [1.54, 1.807) is 31.2 Å². The second kappa shape index (κ2) is 10.8. The summed E-state index contributed by atoms with van der Waals surface area (Å²) in [6.07, 6.45) is 2.28. The summed E-state index contributed by atoms with van der Waals surface area (Å²) in [6, 6.07) is 9.18. The minimum absolute atomic E-state index is 0.157. The highest BCUT2D eigenvalue weighted by atomic mass is 32.2. The van der Waals surface area contributed by atoms with Crippen molar-refractivity contribution < 1.29 is 22.7 Å². The number of pyridine rings is 1. The van der Waals surface area contributed by atoms with E-state index in [0.29, 0.717) is 40.9 Å². The summed E-state index contributed by atoms with van der Waals surface area (Å²) in [5.74, 6) is 1.40. The quantitative estimate of drug-likeness (QED) is 0.512. The van der Waals surface area contributed by atoms with Crippen LogP contribution in [0, 0.1) is 12.7 Å². The van der Waals surface area contributed by atoms with Crippen LogP contribution < -0.4 is 10.1 Å². The molecule has 0 fully saturated rings. The number of nitrogens with one attached hydrogen (secondary N) is 1. The molecule has 3 aromatic rings. The summed E-state index contributed by atoms with van der Waals surface area (Å²) in [4.78, 5) is 16.3. The van der Waals surface area contributed by atoms with E-state index in [1.165, 1.54) is 18.3 Å². The molecule has 0 aliphatic rings. The van der Waals surface area contributed by atoms with Crippen molar-refractivity contribution in [3.05, 3.63) is 65.3 Å². The first-order valence-electron chi connectivity index (χ1n) is 9.91. The van der Waals surface area contributed by atoms with Gasteiger partial charge in [-0.2, -0.15) is 0 Å². The van der Waals surface area contributed by atoms with E-state index in [2.05, 4.69) is 15.5 Å². The molecule has 1 atom stereocenters. The summed E-state index contributed by atoms with van der Waals surface area (Å²) >= 11 is 0. The van der Waals surface area contributed by atoms with Crippen LogP contribution in [0.2, 0.25) is 0 Å². The van der Waals surface area contributed by atoms with E-state index in [1.807, 2.05) is 6.92 Å². The van der Waals surface area contributed by atoms with Crippen LogP contribution in [-0.2, 0) is 17.4 Å². The number of rotatable bonds is 10. The SMILES string of the molecule is CCCS(=O)CCNC(=O)c1ccc(OCc2c(-c3ccc(F)cc3)noc2C)nc1. The van der Waals surface area contributed by atoms with E-state index < -0.39 is 10.8 Å². The Bertz CT molecular complexity index is 1040. The van der Waals surface area contributed by atoms with Crippen molar-refractivity contribution in [1.82, 2.24) is 15.5 Å². The molecule has 1 N–H and O–H groups in total. The van der Waals surface area contributed by atoms with Crippen LogP contribution in [0.3, 0.4) is 0 Å². The number of hydrogen-bond acceptors (Lipinski definition) is 6.